The Bertz CT molecular complexity index is 1180. The summed E-state index contributed by atoms with van der Waals surface area (Å²) in [6.45, 7) is 0. The molecule has 0 atom stereocenters. The lowest BCUT2D eigenvalue weighted by Crippen LogP contribution is -1.85. The Morgan fingerprint density at radius 3 is 2.14 bits per heavy atom. The third kappa shape index (κ3) is 1.41. The highest BCUT2D eigenvalue weighted by atomic mass is 14.9. The summed E-state index contributed by atoms with van der Waals surface area (Å²) < 4.78 is 2.14. The maximum atomic E-state index is 4.67. The van der Waals surface area contributed by atoms with E-state index in [4.69, 9.17) is 0 Å². The molecule has 0 saturated carbocycles. The van der Waals surface area contributed by atoms with Crippen LogP contribution in [-0.4, -0.2) is 9.55 Å². The van der Waals surface area contributed by atoms with Crippen LogP contribution < -0.4 is 0 Å². The van der Waals surface area contributed by atoms with E-state index >= 15 is 0 Å². The number of aromatic nitrogens is 2. The maximum Gasteiger partial charge on any atom is 0.0708 e. The summed E-state index contributed by atoms with van der Waals surface area (Å²) in [5, 5.41) is 8.93. The summed E-state index contributed by atoms with van der Waals surface area (Å²) >= 11 is 0. The fraction of sp³-hybridized carbons (Fsp3) is 0.0500. The van der Waals surface area contributed by atoms with Crippen LogP contribution in [0.1, 0.15) is 0 Å². The van der Waals surface area contributed by atoms with Crippen molar-refractivity contribution < 1.29 is 0 Å². The Kier molecular flexibility index (Phi) is 2.18. The molecule has 3 aromatic carbocycles. The van der Waals surface area contributed by atoms with Gasteiger partial charge in [-0.15, -0.1) is 0 Å². The van der Waals surface area contributed by atoms with Gasteiger partial charge in [-0.05, 0) is 16.8 Å². The van der Waals surface area contributed by atoms with Crippen molar-refractivity contribution >= 4 is 43.2 Å². The van der Waals surface area contributed by atoms with E-state index in [2.05, 4.69) is 71.5 Å². The Hall–Kier alpha value is -2.87. The highest BCUT2D eigenvalue weighted by molar-refractivity contribution is 6.30. The van der Waals surface area contributed by atoms with E-state index in [0.29, 0.717) is 0 Å². The van der Waals surface area contributed by atoms with Crippen LogP contribution in [0.2, 0.25) is 0 Å². The zero-order valence-corrected chi connectivity index (χ0v) is 12.2. The highest BCUT2D eigenvalue weighted by Crippen LogP contribution is 2.38. The number of pyridine rings is 1. The summed E-state index contributed by atoms with van der Waals surface area (Å²) in [6, 6.07) is 17.0. The van der Waals surface area contributed by atoms with Crippen molar-refractivity contribution in [3.63, 3.8) is 0 Å². The molecule has 5 aromatic rings. The minimum Gasteiger partial charge on any atom is -0.356 e. The Morgan fingerprint density at radius 2 is 1.32 bits per heavy atom. The van der Waals surface area contributed by atoms with Gasteiger partial charge in [0.05, 0.1) is 5.52 Å². The number of rotatable bonds is 0. The Labute approximate surface area is 127 Å². The van der Waals surface area contributed by atoms with E-state index in [0.717, 1.165) is 5.52 Å². The molecule has 0 spiro atoms. The molecule has 0 saturated heterocycles. The molecule has 0 bridgehead atoms. The first-order chi connectivity index (χ1) is 10.8. The molecule has 0 unspecified atom stereocenters. The summed E-state index contributed by atoms with van der Waals surface area (Å²) in [5.41, 5.74) is 1.05. The standard InChI is InChI=1S/C20H14N2/c1-22-11-17-14-7-3-2-6-13(14)16-10-21-19-9-5-4-8-15(19)20(16)18(17)12-22/h2-12H,1H3. The van der Waals surface area contributed by atoms with Crippen molar-refractivity contribution in [2.75, 3.05) is 0 Å². The fourth-order valence-corrected chi connectivity index (χ4v) is 3.59. The van der Waals surface area contributed by atoms with Gasteiger partial charge in [-0.3, -0.25) is 4.98 Å². The molecule has 104 valence electrons. The first-order valence-corrected chi connectivity index (χ1v) is 7.47. The average molecular weight is 282 g/mol. The normalized spacial score (nSPS) is 11.9. The van der Waals surface area contributed by atoms with Crippen LogP contribution >= 0.6 is 0 Å². The monoisotopic (exact) mass is 282 g/mol. The van der Waals surface area contributed by atoms with Crippen LogP contribution in [0.15, 0.2) is 67.1 Å². The number of hydrogen-bond acceptors (Lipinski definition) is 1. The van der Waals surface area contributed by atoms with Crippen molar-refractivity contribution in [3.8, 4) is 0 Å². The topological polar surface area (TPSA) is 17.8 Å². The largest absolute Gasteiger partial charge is 0.356 e. The highest BCUT2D eigenvalue weighted by Gasteiger charge is 2.12. The number of fused-ring (bicyclic) bond motifs is 8. The maximum absolute atomic E-state index is 4.67. The van der Waals surface area contributed by atoms with Crippen LogP contribution in [0.25, 0.3) is 43.2 Å². The van der Waals surface area contributed by atoms with Gasteiger partial charge in [0.1, 0.15) is 0 Å². The molecule has 22 heavy (non-hydrogen) atoms. The zero-order valence-electron chi connectivity index (χ0n) is 12.2. The minimum atomic E-state index is 1.05. The predicted octanol–water partition coefficient (Wildman–Crippen LogP) is 5.03. The SMILES string of the molecule is Cn1cc2c3ccccc3c3cnc4ccccc4c3c2c1. The molecule has 0 fully saturated rings. The first kappa shape index (κ1) is 11.8. The second-order valence-electron chi connectivity index (χ2n) is 5.86. The molecule has 2 heteroatoms. The molecule has 0 radical (unpaired) electrons. The van der Waals surface area contributed by atoms with Crippen LogP contribution in [0.5, 0.6) is 0 Å². The van der Waals surface area contributed by atoms with E-state index in [-0.39, 0.29) is 0 Å². The fourth-order valence-electron chi connectivity index (χ4n) is 3.59. The number of para-hydroxylation sites is 1. The van der Waals surface area contributed by atoms with E-state index in [1.165, 1.54) is 37.7 Å². The molecule has 2 heterocycles. The summed E-state index contributed by atoms with van der Waals surface area (Å²) in [7, 11) is 2.09. The summed E-state index contributed by atoms with van der Waals surface area (Å²) in [4.78, 5) is 4.67. The second-order valence-corrected chi connectivity index (χ2v) is 5.86. The van der Waals surface area contributed by atoms with Crippen LogP contribution in [-0.2, 0) is 7.05 Å². The van der Waals surface area contributed by atoms with Crippen molar-refractivity contribution in [2.45, 2.75) is 0 Å². The lowest BCUT2D eigenvalue weighted by Gasteiger charge is -2.09. The van der Waals surface area contributed by atoms with Gasteiger partial charge in [-0.1, -0.05) is 42.5 Å². The van der Waals surface area contributed by atoms with Crippen molar-refractivity contribution in [3.05, 3.63) is 67.1 Å². The molecule has 0 amide bonds. The average Bonchev–Trinajstić information content (AvgIpc) is 2.96. The van der Waals surface area contributed by atoms with E-state index in [1.54, 1.807) is 0 Å². The molecule has 0 aliphatic rings. The minimum absolute atomic E-state index is 1.05. The predicted molar refractivity (Wildman–Crippen MR) is 93.2 cm³/mol. The number of nitrogens with zero attached hydrogens (tertiary/aromatic N) is 2. The molecule has 2 nitrogen and oxygen atoms in total. The molecule has 0 aliphatic heterocycles. The van der Waals surface area contributed by atoms with E-state index < -0.39 is 0 Å². The van der Waals surface area contributed by atoms with Gasteiger partial charge in [0.15, 0.2) is 0 Å². The summed E-state index contributed by atoms with van der Waals surface area (Å²) in [5.74, 6) is 0. The van der Waals surface area contributed by atoms with Gasteiger partial charge in [-0.2, -0.15) is 0 Å². The van der Waals surface area contributed by atoms with Gasteiger partial charge in [0.2, 0.25) is 0 Å². The third-order valence-electron chi connectivity index (χ3n) is 4.51. The van der Waals surface area contributed by atoms with E-state index in [9.17, 15) is 0 Å². The van der Waals surface area contributed by atoms with Gasteiger partial charge in [-0.25, -0.2) is 0 Å². The zero-order chi connectivity index (χ0) is 14.7. The smallest absolute Gasteiger partial charge is 0.0708 e. The lowest BCUT2D eigenvalue weighted by atomic mass is 9.96. The second kappa shape index (κ2) is 4.08. The first-order valence-electron chi connectivity index (χ1n) is 7.47. The summed E-state index contributed by atoms with van der Waals surface area (Å²) in [6.07, 6.45) is 6.45. The van der Waals surface area contributed by atoms with Gasteiger partial charge >= 0.3 is 0 Å². The number of aryl methyl sites for hydroxylation is 1. The molecule has 0 N–H and O–H groups in total. The van der Waals surface area contributed by atoms with Crippen molar-refractivity contribution in [1.82, 2.24) is 9.55 Å². The van der Waals surface area contributed by atoms with E-state index in [1.807, 2.05) is 12.3 Å². The Morgan fingerprint density at radius 1 is 0.682 bits per heavy atom. The van der Waals surface area contributed by atoms with Crippen LogP contribution in [0.3, 0.4) is 0 Å². The molecular weight excluding hydrogens is 268 g/mol. The van der Waals surface area contributed by atoms with Gasteiger partial charge < -0.3 is 4.57 Å². The lowest BCUT2D eigenvalue weighted by molar-refractivity contribution is 0.934. The van der Waals surface area contributed by atoms with Gasteiger partial charge in [0, 0.05) is 52.6 Å². The number of hydrogen-bond donors (Lipinski definition) is 0. The third-order valence-corrected chi connectivity index (χ3v) is 4.51. The molecule has 0 aliphatic carbocycles. The van der Waals surface area contributed by atoms with Gasteiger partial charge in [0.25, 0.3) is 0 Å². The Balaban J connectivity index is 2.23. The number of benzene rings is 3. The van der Waals surface area contributed by atoms with Crippen LogP contribution in [0, 0.1) is 0 Å². The van der Waals surface area contributed by atoms with Crippen LogP contribution in [0.4, 0.5) is 0 Å². The molecule has 5 rings (SSSR count). The van der Waals surface area contributed by atoms with Crippen molar-refractivity contribution in [2.24, 2.45) is 7.05 Å². The molecule has 2 aromatic heterocycles. The van der Waals surface area contributed by atoms with Crippen molar-refractivity contribution in [1.29, 1.82) is 0 Å². The quantitative estimate of drug-likeness (QED) is 0.364. The molecular formula is C20H14N2.